The van der Waals surface area contributed by atoms with E-state index < -0.39 is 0 Å². The van der Waals surface area contributed by atoms with Crippen LogP contribution < -0.4 is 5.32 Å². The lowest BCUT2D eigenvalue weighted by atomic mass is 9.53. The zero-order chi connectivity index (χ0) is 15.4. The molecule has 5 aliphatic carbocycles. The van der Waals surface area contributed by atoms with Crippen molar-refractivity contribution in [2.75, 3.05) is 0 Å². The largest absolute Gasteiger partial charge is 0.350 e. The Morgan fingerprint density at radius 3 is 2.35 bits per heavy atom. The molecular formula is C21H27NO. The van der Waals surface area contributed by atoms with Crippen molar-refractivity contribution in [2.45, 2.75) is 69.2 Å². The number of carbonyl (C=O) groups is 1. The van der Waals surface area contributed by atoms with Crippen molar-refractivity contribution in [3.63, 3.8) is 0 Å². The molecule has 0 saturated heterocycles. The average molecular weight is 309 g/mol. The van der Waals surface area contributed by atoms with Gasteiger partial charge in [-0.2, -0.15) is 0 Å². The molecule has 6 rings (SSSR count). The van der Waals surface area contributed by atoms with Crippen molar-refractivity contribution in [2.24, 2.45) is 17.8 Å². The van der Waals surface area contributed by atoms with E-state index in [-0.39, 0.29) is 11.5 Å². The summed E-state index contributed by atoms with van der Waals surface area (Å²) in [5, 5.41) is 3.60. The van der Waals surface area contributed by atoms with Crippen molar-refractivity contribution >= 4 is 5.91 Å². The van der Waals surface area contributed by atoms with E-state index in [1.165, 1.54) is 49.7 Å². The topological polar surface area (TPSA) is 29.1 Å². The van der Waals surface area contributed by atoms with Crippen LogP contribution in [0.3, 0.4) is 0 Å². The summed E-state index contributed by atoms with van der Waals surface area (Å²) in [5.41, 5.74) is 2.84. The van der Waals surface area contributed by atoms with Crippen LogP contribution >= 0.6 is 0 Å². The van der Waals surface area contributed by atoms with Crippen molar-refractivity contribution in [3.05, 3.63) is 35.4 Å². The van der Waals surface area contributed by atoms with Crippen LogP contribution in [0.1, 0.15) is 68.4 Å². The van der Waals surface area contributed by atoms with Gasteiger partial charge in [-0.15, -0.1) is 0 Å². The van der Waals surface area contributed by atoms with E-state index in [4.69, 9.17) is 0 Å². The highest BCUT2D eigenvalue weighted by Gasteiger charge is 2.51. The van der Waals surface area contributed by atoms with Gasteiger partial charge in [-0.25, -0.2) is 0 Å². The van der Waals surface area contributed by atoms with Gasteiger partial charge in [0.25, 0.3) is 0 Å². The molecule has 4 bridgehead atoms. The molecule has 2 nitrogen and oxygen atoms in total. The Balaban J connectivity index is 1.38. The number of rotatable bonds is 2. The Kier molecular flexibility index (Phi) is 3.11. The summed E-state index contributed by atoms with van der Waals surface area (Å²) < 4.78 is 0. The highest BCUT2D eigenvalue weighted by atomic mass is 16.2. The first-order valence-electron chi connectivity index (χ1n) is 9.61. The van der Waals surface area contributed by atoms with Gasteiger partial charge in [0, 0.05) is 5.54 Å². The molecule has 4 fully saturated rings. The number of carbonyl (C=O) groups excluding carboxylic acids is 1. The zero-order valence-corrected chi connectivity index (χ0v) is 13.9. The molecule has 5 aliphatic rings. The summed E-state index contributed by atoms with van der Waals surface area (Å²) in [4.78, 5) is 13.1. The molecule has 0 spiro atoms. The number of hydrogen-bond acceptors (Lipinski definition) is 1. The molecule has 1 atom stereocenters. The maximum atomic E-state index is 13.1. The van der Waals surface area contributed by atoms with Crippen molar-refractivity contribution in [1.82, 2.24) is 5.32 Å². The van der Waals surface area contributed by atoms with Crippen LogP contribution in [-0.4, -0.2) is 11.4 Å². The van der Waals surface area contributed by atoms with Crippen LogP contribution in [0.4, 0.5) is 0 Å². The van der Waals surface area contributed by atoms with Gasteiger partial charge >= 0.3 is 0 Å². The van der Waals surface area contributed by atoms with E-state index in [2.05, 4.69) is 29.6 Å². The molecule has 4 saturated carbocycles. The van der Waals surface area contributed by atoms with Gasteiger partial charge in [0.05, 0.1) is 5.92 Å². The van der Waals surface area contributed by atoms with E-state index in [0.717, 1.165) is 37.0 Å². The van der Waals surface area contributed by atoms with Crippen molar-refractivity contribution in [3.8, 4) is 0 Å². The third-order valence-corrected chi connectivity index (χ3v) is 7.11. The molecule has 0 heterocycles. The Hall–Kier alpha value is -1.31. The van der Waals surface area contributed by atoms with Crippen LogP contribution in [0.25, 0.3) is 0 Å². The number of hydrogen-bond donors (Lipinski definition) is 1. The van der Waals surface area contributed by atoms with Crippen LogP contribution in [0, 0.1) is 17.8 Å². The average Bonchev–Trinajstić information content (AvgIpc) is 2.52. The Bertz CT molecular complexity index is 599. The van der Waals surface area contributed by atoms with Gasteiger partial charge in [0.15, 0.2) is 0 Å². The molecule has 122 valence electrons. The van der Waals surface area contributed by atoms with Gasteiger partial charge in [0.1, 0.15) is 0 Å². The molecule has 1 amide bonds. The molecule has 0 radical (unpaired) electrons. The summed E-state index contributed by atoms with van der Waals surface area (Å²) >= 11 is 0. The third-order valence-electron chi connectivity index (χ3n) is 7.11. The number of fused-ring (bicyclic) bond motifs is 1. The normalized spacial score (nSPS) is 40.7. The fourth-order valence-corrected chi connectivity index (χ4v) is 6.64. The quantitative estimate of drug-likeness (QED) is 0.872. The van der Waals surface area contributed by atoms with E-state index in [1.54, 1.807) is 0 Å². The molecule has 1 N–H and O–H groups in total. The number of amides is 1. The molecule has 2 heteroatoms. The first-order chi connectivity index (χ1) is 11.2. The summed E-state index contributed by atoms with van der Waals surface area (Å²) in [6.45, 7) is 0. The van der Waals surface area contributed by atoms with Crippen molar-refractivity contribution in [1.29, 1.82) is 0 Å². The van der Waals surface area contributed by atoms with Crippen LogP contribution in [0.5, 0.6) is 0 Å². The van der Waals surface area contributed by atoms with Gasteiger partial charge in [-0.1, -0.05) is 24.3 Å². The Labute approximate surface area is 139 Å². The number of aryl methyl sites for hydroxylation is 1. The highest BCUT2D eigenvalue weighted by Crippen LogP contribution is 2.55. The fourth-order valence-electron chi connectivity index (χ4n) is 6.64. The van der Waals surface area contributed by atoms with Crippen LogP contribution in [-0.2, 0) is 11.2 Å². The van der Waals surface area contributed by atoms with Crippen LogP contribution in [0.2, 0.25) is 0 Å². The van der Waals surface area contributed by atoms with E-state index in [9.17, 15) is 4.79 Å². The molecule has 0 aromatic heterocycles. The second kappa shape index (κ2) is 5.09. The van der Waals surface area contributed by atoms with E-state index in [1.807, 2.05) is 0 Å². The zero-order valence-electron chi connectivity index (χ0n) is 13.9. The SMILES string of the molecule is O=C(NC12CC3CC(CC(C3)C1)C2)[C@H]1CCCc2ccccc21. The number of nitrogens with one attached hydrogen (secondary N) is 1. The molecule has 1 aromatic carbocycles. The lowest BCUT2D eigenvalue weighted by molar-refractivity contribution is -0.128. The second-order valence-electron chi connectivity index (χ2n) is 8.83. The molecule has 23 heavy (non-hydrogen) atoms. The minimum atomic E-state index is 0.0907. The fraction of sp³-hybridized carbons (Fsp3) is 0.667. The minimum Gasteiger partial charge on any atom is -0.350 e. The van der Waals surface area contributed by atoms with Gasteiger partial charge in [-0.05, 0) is 86.7 Å². The predicted octanol–water partition coefficient (Wildman–Crippen LogP) is 4.19. The summed E-state index contributed by atoms with van der Waals surface area (Å²) in [7, 11) is 0. The van der Waals surface area contributed by atoms with E-state index >= 15 is 0 Å². The maximum absolute atomic E-state index is 13.1. The summed E-state index contributed by atoms with van der Waals surface area (Å²) in [5.74, 6) is 3.08. The lowest BCUT2D eigenvalue weighted by Crippen LogP contribution is -2.60. The summed E-state index contributed by atoms with van der Waals surface area (Å²) in [6.07, 6.45) is 11.4. The second-order valence-corrected chi connectivity index (χ2v) is 8.83. The maximum Gasteiger partial charge on any atom is 0.227 e. The predicted molar refractivity (Wildman–Crippen MR) is 91.2 cm³/mol. The van der Waals surface area contributed by atoms with Gasteiger partial charge in [0.2, 0.25) is 5.91 Å². The smallest absolute Gasteiger partial charge is 0.227 e. The standard InChI is InChI=1S/C21H27NO/c23-20(19-7-3-5-17-4-1-2-6-18(17)19)22-21-11-14-8-15(12-21)10-16(9-14)13-21/h1-2,4,6,14-16,19H,3,5,7-13H2,(H,22,23)/t14?,15?,16?,19-,21?/m0/s1. The number of benzene rings is 1. The van der Waals surface area contributed by atoms with Gasteiger partial charge < -0.3 is 5.32 Å². The highest BCUT2D eigenvalue weighted by molar-refractivity contribution is 5.85. The molecule has 0 aliphatic heterocycles. The van der Waals surface area contributed by atoms with Gasteiger partial charge in [-0.3, -0.25) is 4.79 Å². The minimum absolute atomic E-state index is 0.0907. The first kappa shape index (κ1) is 14.1. The van der Waals surface area contributed by atoms with E-state index in [0.29, 0.717) is 5.91 Å². The molecule has 1 aromatic rings. The first-order valence-corrected chi connectivity index (χ1v) is 9.61. The Morgan fingerprint density at radius 2 is 1.65 bits per heavy atom. The summed E-state index contributed by atoms with van der Waals surface area (Å²) in [6, 6.07) is 8.59. The Morgan fingerprint density at radius 1 is 1.00 bits per heavy atom. The monoisotopic (exact) mass is 309 g/mol. The van der Waals surface area contributed by atoms with Crippen molar-refractivity contribution < 1.29 is 4.79 Å². The van der Waals surface area contributed by atoms with Crippen LogP contribution in [0.15, 0.2) is 24.3 Å². The third kappa shape index (κ3) is 2.33. The lowest BCUT2D eigenvalue weighted by Gasteiger charge is -2.57. The molecule has 0 unspecified atom stereocenters. The molecular weight excluding hydrogens is 282 g/mol.